The maximum Gasteiger partial charge on any atom is 0.130 e. The van der Waals surface area contributed by atoms with Crippen LogP contribution in [0, 0.1) is 18.7 Å². The summed E-state index contributed by atoms with van der Waals surface area (Å²) in [7, 11) is 1.90. The van der Waals surface area contributed by atoms with Crippen LogP contribution in [0.2, 0.25) is 0 Å². The van der Waals surface area contributed by atoms with Crippen molar-refractivity contribution in [1.29, 1.82) is 0 Å². The van der Waals surface area contributed by atoms with E-state index >= 15 is 0 Å². The molecule has 1 aromatic carbocycles. The van der Waals surface area contributed by atoms with Crippen LogP contribution in [0.1, 0.15) is 43.9 Å². The van der Waals surface area contributed by atoms with Gasteiger partial charge in [-0.1, -0.05) is 38.5 Å². The first-order chi connectivity index (χ1) is 7.60. The Kier molecular flexibility index (Phi) is 4.94. The Labute approximate surface area is 98.1 Å². The van der Waals surface area contributed by atoms with Crippen molar-refractivity contribution in [1.82, 2.24) is 5.32 Å². The highest BCUT2D eigenvalue weighted by atomic mass is 19.1. The van der Waals surface area contributed by atoms with Crippen LogP contribution in [0.5, 0.6) is 0 Å². The van der Waals surface area contributed by atoms with E-state index in [1.54, 1.807) is 0 Å². The van der Waals surface area contributed by atoms with Crippen molar-refractivity contribution in [2.75, 3.05) is 7.05 Å². The average molecular weight is 223 g/mol. The molecule has 0 saturated heterocycles. The molecule has 1 nitrogen and oxygen atoms in total. The number of benzene rings is 1. The van der Waals surface area contributed by atoms with Crippen molar-refractivity contribution in [2.24, 2.45) is 5.92 Å². The van der Waals surface area contributed by atoms with Crippen LogP contribution in [0.4, 0.5) is 4.39 Å². The minimum atomic E-state index is -0.0647. The second-order valence-electron chi connectivity index (χ2n) is 4.57. The fraction of sp³-hybridized carbons (Fsp3) is 0.571. The molecule has 1 rings (SSSR count). The van der Waals surface area contributed by atoms with Crippen LogP contribution >= 0.6 is 0 Å². The summed E-state index contributed by atoms with van der Waals surface area (Å²) in [5.41, 5.74) is 1.52. The van der Waals surface area contributed by atoms with Crippen LogP contribution in [0.15, 0.2) is 18.2 Å². The zero-order valence-electron chi connectivity index (χ0n) is 10.7. The minimum Gasteiger partial charge on any atom is -0.313 e. The van der Waals surface area contributed by atoms with E-state index in [9.17, 15) is 4.39 Å². The molecule has 1 N–H and O–H groups in total. The summed E-state index contributed by atoms with van der Waals surface area (Å²) in [5, 5.41) is 3.21. The Morgan fingerprint density at radius 3 is 2.62 bits per heavy atom. The van der Waals surface area contributed by atoms with E-state index in [1.807, 2.05) is 32.2 Å². The molecular weight excluding hydrogens is 201 g/mol. The van der Waals surface area contributed by atoms with Gasteiger partial charge in [0.05, 0.1) is 0 Å². The fourth-order valence-corrected chi connectivity index (χ4v) is 1.91. The first kappa shape index (κ1) is 13.2. The SMILES string of the molecule is CCC(C)CC(NC)c1cccc(C)c1F. The maximum atomic E-state index is 14.0. The maximum absolute atomic E-state index is 14.0. The summed E-state index contributed by atoms with van der Waals surface area (Å²) in [6.07, 6.45) is 2.11. The fourth-order valence-electron chi connectivity index (χ4n) is 1.91. The molecule has 0 heterocycles. The van der Waals surface area contributed by atoms with Crippen LogP contribution in [0.25, 0.3) is 0 Å². The van der Waals surface area contributed by atoms with E-state index in [1.165, 1.54) is 0 Å². The van der Waals surface area contributed by atoms with E-state index < -0.39 is 0 Å². The van der Waals surface area contributed by atoms with Gasteiger partial charge in [-0.2, -0.15) is 0 Å². The predicted molar refractivity (Wildman–Crippen MR) is 67.0 cm³/mol. The highest BCUT2D eigenvalue weighted by Crippen LogP contribution is 2.26. The van der Waals surface area contributed by atoms with Gasteiger partial charge < -0.3 is 5.32 Å². The molecule has 0 aliphatic heterocycles. The Hall–Kier alpha value is -0.890. The molecule has 0 fully saturated rings. The third kappa shape index (κ3) is 3.05. The molecule has 2 unspecified atom stereocenters. The molecule has 1 aromatic rings. The van der Waals surface area contributed by atoms with Gasteiger partial charge in [-0.3, -0.25) is 0 Å². The quantitative estimate of drug-likeness (QED) is 0.800. The third-order valence-electron chi connectivity index (χ3n) is 3.28. The van der Waals surface area contributed by atoms with Crippen LogP contribution in [-0.4, -0.2) is 7.05 Å². The zero-order chi connectivity index (χ0) is 12.1. The normalized spacial score (nSPS) is 14.8. The third-order valence-corrected chi connectivity index (χ3v) is 3.28. The number of nitrogens with one attached hydrogen (secondary N) is 1. The zero-order valence-corrected chi connectivity index (χ0v) is 10.7. The Morgan fingerprint density at radius 2 is 2.06 bits per heavy atom. The van der Waals surface area contributed by atoms with Gasteiger partial charge in [0.1, 0.15) is 5.82 Å². The molecule has 2 atom stereocenters. The van der Waals surface area contributed by atoms with E-state index in [2.05, 4.69) is 19.2 Å². The molecule has 0 aliphatic rings. The second-order valence-corrected chi connectivity index (χ2v) is 4.57. The van der Waals surface area contributed by atoms with Crippen LogP contribution < -0.4 is 5.32 Å². The Bertz CT molecular complexity index is 336. The van der Waals surface area contributed by atoms with Crippen molar-refractivity contribution in [3.63, 3.8) is 0 Å². The number of aryl methyl sites for hydroxylation is 1. The molecule has 2 heteroatoms. The second kappa shape index (κ2) is 6.00. The number of halogens is 1. The van der Waals surface area contributed by atoms with Gasteiger partial charge >= 0.3 is 0 Å². The van der Waals surface area contributed by atoms with E-state index in [-0.39, 0.29) is 11.9 Å². The largest absolute Gasteiger partial charge is 0.313 e. The monoisotopic (exact) mass is 223 g/mol. The van der Waals surface area contributed by atoms with Gasteiger partial charge in [0, 0.05) is 11.6 Å². The van der Waals surface area contributed by atoms with Gasteiger partial charge in [-0.05, 0) is 31.9 Å². The molecule has 0 amide bonds. The topological polar surface area (TPSA) is 12.0 Å². The standard InChI is InChI=1S/C14H22FN/c1-5-10(2)9-13(16-4)12-8-6-7-11(3)14(12)15/h6-8,10,13,16H,5,9H2,1-4H3. The van der Waals surface area contributed by atoms with Gasteiger partial charge in [-0.15, -0.1) is 0 Å². The van der Waals surface area contributed by atoms with Crippen molar-refractivity contribution in [3.8, 4) is 0 Å². The molecule has 0 radical (unpaired) electrons. The summed E-state index contributed by atoms with van der Waals surface area (Å²) in [5.74, 6) is 0.544. The summed E-state index contributed by atoms with van der Waals surface area (Å²) >= 11 is 0. The van der Waals surface area contributed by atoms with Crippen molar-refractivity contribution in [2.45, 2.75) is 39.7 Å². The van der Waals surface area contributed by atoms with Crippen molar-refractivity contribution in [3.05, 3.63) is 35.1 Å². The Balaban J connectivity index is 2.90. The lowest BCUT2D eigenvalue weighted by Crippen LogP contribution is -2.20. The molecule has 0 spiro atoms. The first-order valence-corrected chi connectivity index (χ1v) is 6.02. The highest BCUT2D eigenvalue weighted by Gasteiger charge is 2.17. The molecule has 16 heavy (non-hydrogen) atoms. The van der Waals surface area contributed by atoms with Gasteiger partial charge in [0.2, 0.25) is 0 Å². The average Bonchev–Trinajstić information content (AvgIpc) is 2.29. The molecule has 0 saturated carbocycles. The van der Waals surface area contributed by atoms with E-state index in [0.717, 1.165) is 24.0 Å². The lowest BCUT2D eigenvalue weighted by molar-refractivity contribution is 0.410. The molecular formula is C14H22FN. The van der Waals surface area contributed by atoms with Crippen LogP contribution in [-0.2, 0) is 0 Å². The van der Waals surface area contributed by atoms with Crippen molar-refractivity contribution < 1.29 is 4.39 Å². The number of rotatable bonds is 5. The highest BCUT2D eigenvalue weighted by molar-refractivity contribution is 5.27. The molecule has 0 aromatic heterocycles. The summed E-state index contributed by atoms with van der Waals surface area (Å²) in [6.45, 7) is 6.19. The predicted octanol–water partition coefficient (Wildman–Crippen LogP) is 3.83. The van der Waals surface area contributed by atoms with Gasteiger partial charge in [0.15, 0.2) is 0 Å². The summed E-state index contributed by atoms with van der Waals surface area (Å²) in [4.78, 5) is 0. The number of hydrogen-bond donors (Lipinski definition) is 1. The van der Waals surface area contributed by atoms with Gasteiger partial charge in [-0.25, -0.2) is 4.39 Å². The van der Waals surface area contributed by atoms with Gasteiger partial charge in [0.25, 0.3) is 0 Å². The van der Waals surface area contributed by atoms with Crippen LogP contribution in [0.3, 0.4) is 0 Å². The Morgan fingerprint density at radius 1 is 1.38 bits per heavy atom. The smallest absolute Gasteiger partial charge is 0.130 e. The molecule has 0 aliphatic carbocycles. The van der Waals surface area contributed by atoms with Crippen molar-refractivity contribution >= 4 is 0 Å². The lowest BCUT2D eigenvalue weighted by atomic mass is 9.93. The summed E-state index contributed by atoms with van der Waals surface area (Å²) < 4.78 is 14.0. The summed E-state index contributed by atoms with van der Waals surface area (Å²) in [6, 6.07) is 5.74. The lowest BCUT2D eigenvalue weighted by Gasteiger charge is -2.21. The molecule has 90 valence electrons. The first-order valence-electron chi connectivity index (χ1n) is 6.02. The van der Waals surface area contributed by atoms with E-state index in [4.69, 9.17) is 0 Å². The van der Waals surface area contributed by atoms with E-state index in [0.29, 0.717) is 5.92 Å². The molecule has 0 bridgehead atoms. The minimum absolute atomic E-state index is 0.0647. The number of hydrogen-bond acceptors (Lipinski definition) is 1.